The summed E-state index contributed by atoms with van der Waals surface area (Å²) >= 11 is 0. The van der Waals surface area contributed by atoms with E-state index < -0.39 is 11.2 Å². The lowest BCUT2D eigenvalue weighted by molar-refractivity contribution is 0.662. The van der Waals surface area contributed by atoms with E-state index in [0.717, 1.165) is 0 Å². The number of nitrogens with one attached hydrogen (secondary N) is 1. The molecule has 76 valence electrons. The minimum Gasteiger partial charge on any atom is -0.393 e. The molecular formula is C9H13N3O2. The van der Waals surface area contributed by atoms with Gasteiger partial charge in [-0.1, -0.05) is 6.08 Å². The summed E-state index contributed by atoms with van der Waals surface area (Å²) < 4.78 is 1.43. The Morgan fingerprint density at radius 2 is 2.21 bits per heavy atom. The number of nitrogens with zero attached hydrogens (tertiary/aromatic N) is 1. The molecule has 1 rings (SSSR count). The molecule has 0 atom stereocenters. The van der Waals surface area contributed by atoms with Crippen molar-refractivity contribution in [2.75, 3.05) is 5.73 Å². The van der Waals surface area contributed by atoms with E-state index in [4.69, 9.17) is 5.73 Å². The van der Waals surface area contributed by atoms with Crippen molar-refractivity contribution in [2.24, 2.45) is 0 Å². The van der Waals surface area contributed by atoms with Gasteiger partial charge in [-0.05, 0) is 6.92 Å². The van der Waals surface area contributed by atoms with E-state index in [2.05, 4.69) is 11.6 Å². The van der Waals surface area contributed by atoms with E-state index in [1.165, 1.54) is 4.57 Å². The molecule has 0 unspecified atom stereocenters. The molecule has 14 heavy (non-hydrogen) atoms. The third-order valence-electron chi connectivity index (χ3n) is 2.00. The number of hydrogen-bond donors (Lipinski definition) is 2. The molecule has 1 heterocycles. The number of nitrogens with two attached hydrogens (primary N) is 1. The zero-order valence-electron chi connectivity index (χ0n) is 8.04. The Hall–Kier alpha value is -1.78. The van der Waals surface area contributed by atoms with Gasteiger partial charge in [0, 0.05) is 13.0 Å². The normalized spacial score (nSPS) is 10.1. The predicted molar refractivity (Wildman–Crippen MR) is 55.3 cm³/mol. The number of aromatic amines is 1. The lowest BCUT2D eigenvalue weighted by Crippen LogP contribution is -2.34. The van der Waals surface area contributed by atoms with Gasteiger partial charge in [0.1, 0.15) is 5.69 Å². The third-order valence-corrected chi connectivity index (χ3v) is 2.00. The van der Waals surface area contributed by atoms with Crippen molar-refractivity contribution in [3.05, 3.63) is 39.2 Å². The summed E-state index contributed by atoms with van der Waals surface area (Å²) in [6.45, 7) is 5.84. The topological polar surface area (TPSA) is 80.9 Å². The van der Waals surface area contributed by atoms with Gasteiger partial charge in [-0.2, -0.15) is 0 Å². The van der Waals surface area contributed by atoms with Gasteiger partial charge in [-0.15, -0.1) is 6.58 Å². The second kappa shape index (κ2) is 3.95. The summed E-state index contributed by atoms with van der Waals surface area (Å²) in [7, 11) is 0. The van der Waals surface area contributed by atoms with E-state index >= 15 is 0 Å². The highest BCUT2D eigenvalue weighted by atomic mass is 16.2. The number of nitrogen functional groups attached to an aromatic ring is 1. The first-order valence-electron chi connectivity index (χ1n) is 4.34. The molecular weight excluding hydrogens is 182 g/mol. The largest absolute Gasteiger partial charge is 0.393 e. The second-order valence-electron chi connectivity index (χ2n) is 2.86. The van der Waals surface area contributed by atoms with Crippen LogP contribution in [0.25, 0.3) is 0 Å². The molecule has 0 saturated heterocycles. The Morgan fingerprint density at radius 3 is 2.71 bits per heavy atom. The van der Waals surface area contributed by atoms with Gasteiger partial charge >= 0.3 is 5.69 Å². The minimum absolute atomic E-state index is 0.0892. The first kappa shape index (κ1) is 10.3. The Kier molecular flexibility index (Phi) is 2.91. The van der Waals surface area contributed by atoms with E-state index in [1.807, 2.05) is 6.92 Å². The van der Waals surface area contributed by atoms with Crippen LogP contribution in [-0.2, 0) is 13.0 Å². The summed E-state index contributed by atoms with van der Waals surface area (Å²) in [5, 5.41) is 0. The number of rotatable bonds is 3. The van der Waals surface area contributed by atoms with Gasteiger partial charge in [-0.3, -0.25) is 14.3 Å². The van der Waals surface area contributed by atoms with Gasteiger partial charge in [0.2, 0.25) is 0 Å². The van der Waals surface area contributed by atoms with Crippen molar-refractivity contribution in [1.29, 1.82) is 0 Å². The van der Waals surface area contributed by atoms with Crippen LogP contribution < -0.4 is 17.0 Å². The third kappa shape index (κ3) is 1.61. The van der Waals surface area contributed by atoms with Gasteiger partial charge in [0.05, 0.1) is 5.69 Å². The van der Waals surface area contributed by atoms with Crippen molar-refractivity contribution in [1.82, 2.24) is 9.55 Å². The van der Waals surface area contributed by atoms with Crippen molar-refractivity contribution in [3.63, 3.8) is 0 Å². The molecule has 0 aliphatic carbocycles. The molecule has 0 saturated carbocycles. The van der Waals surface area contributed by atoms with E-state index in [-0.39, 0.29) is 5.69 Å². The number of H-pyrrole nitrogens is 1. The number of anilines is 1. The van der Waals surface area contributed by atoms with Crippen molar-refractivity contribution < 1.29 is 0 Å². The maximum absolute atomic E-state index is 11.3. The standard InChI is InChI=1S/C9H13N3O2/c1-3-5-6-7(10)8(13)11-9(14)12(6)4-2/h3H,1,4-5,10H2,2H3,(H,11,13,14). The average molecular weight is 195 g/mol. The monoisotopic (exact) mass is 195 g/mol. The highest BCUT2D eigenvalue weighted by Crippen LogP contribution is 2.04. The van der Waals surface area contributed by atoms with Crippen LogP contribution in [0, 0.1) is 0 Å². The van der Waals surface area contributed by atoms with Crippen LogP contribution in [0.2, 0.25) is 0 Å². The molecule has 5 heteroatoms. The van der Waals surface area contributed by atoms with Gasteiger partial charge in [-0.25, -0.2) is 4.79 Å². The quantitative estimate of drug-likeness (QED) is 0.659. The fraction of sp³-hybridized carbons (Fsp3) is 0.333. The van der Waals surface area contributed by atoms with Crippen LogP contribution in [0.15, 0.2) is 22.2 Å². The van der Waals surface area contributed by atoms with E-state index in [0.29, 0.717) is 18.7 Å². The lowest BCUT2D eigenvalue weighted by Gasteiger charge is -2.10. The highest BCUT2D eigenvalue weighted by Gasteiger charge is 2.08. The van der Waals surface area contributed by atoms with Crippen molar-refractivity contribution >= 4 is 5.69 Å². The molecule has 0 radical (unpaired) electrons. The molecule has 0 aromatic carbocycles. The molecule has 0 aliphatic heterocycles. The maximum Gasteiger partial charge on any atom is 0.328 e. The van der Waals surface area contributed by atoms with Crippen LogP contribution in [-0.4, -0.2) is 9.55 Å². The minimum atomic E-state index is -0.531. The summed E-state index contributed by atoms with van der Waals surface area (Å²) in [5.74, 6) is 0. The Balaban J connectivity index is 3.55. The molecule has 0 aliphatic rings. The summed E-state index contributed by atoms with van der Waals surface area (Å²) in [6, 6.07) is 0. The maximum atomic E-state index is 11.3. The van der Waals surface area contributed by atoms with Crippen LogP contribution in [0.1, 0.15) is 12.6 Å². The summed E-state index contributed by atoms with van der Waals surface area (Å²) in [6.07, 6.45) is 2.02. The Labute approximate surface area is 80.9 Å². The molecule has 0 bridgehead atoms. The van der Waals surface area contributed by atoms with Gasteiger partial charge in [0.15, 0.2) is 0 Å². The zero-order chi connectivity index (χ0) is 10.7. The first-order chi connectivity index (χ1) is 6.61. The lowest BCUT2D eigenvalue weighted by atomic mass is 10.2. The molecule has 3 N–H and O–H groups in total. The highest BCUT2D eigenvalue weighted by molar-refractivity contribution is 5.41. The average Bonchev–Trinajstić information content (AvgIpc) is 2.14. The summed E-state index contributed by atoms with van der Waals surface area (Å²) in [5.41, 5.74) is 5.22. The Morgan fingerprint density at radius 1 is 1.57 bits per heavy atom. The fourth-order valence-electron chi connectivity index (χ4n) is 1.32. The molecule has 1 aromatic rings. The van der Waals surface area contributed by atoms with Crippen LogP contribution in [0.5, 0.6) is 0 Å². The Bertz CT molecular complexity index is 456. The number of hydrogen-bond acceptors (Lipinski definition) is 3. The second-order valence-corrected chi connectivity index (χ2v) is 2.86. The molecule has 1 aromatic heterocycles. The van der Waals surface area contributed by atoms with E-state index in [9.17, 15) is 9.59 Å². The number of aromatic nitrogens is 2. The summed E-state index contributed by atoms with van der Waals surface area (Å²) in [4.78, 5) is 24.7. The van der Waals surface area contributed by atoms with Crippen molar-refractivity contribution in [3.8, 4) is 0 Å². The molecule has 5 nitrogen and oxygen atoms in total. The molecule has 0 fully saturated rings. The fourth-order valence-corrected chi connectivity index (χ4v) is 1.32. The van der Waals surface area contributed by atoms with Gasteiger partial charge in [0.25, 0.3) is 5.56 Å². The number of allylic oxidation sites excluding steroid dienone is 1. The predicted octanol–water partition coefficient (Wildman–Crippen LogP) is -0.133. The first-order valence-corrected chi connectivity index (χ1v) is 4.34. The SMILES string of the molecule is C=CCc1c(N)c(=O)[nH]c(=O)n1CC. The van der Waals surface area contributed by atoms with Crippen LogP contribution in [0.4, 0.5) is 5.69 Å². The van der Waals surface area contributed by atoms with Gasteiger partial charge < -0.3 is 5.73 Å². The van der Waals surface area contributed by atoms with Crippen LogP contribution >= 0.6 is 0 Å². The molecule has 0 spiro atoms. The van der Waals surface area contributed by atoms with Crippen molar-refractivity contribution in [2.45, 2.75) is 19.9 Å². The smallest absolute Gasteiger partial charge is 0.328 e. The van der Waals surface area contributed by atoms with E-state index in [1.54, 1.807) is 6.08 Å². The van der Waals surface area contributed by atoms with Crippen LogP contribution in [0.3, 0.4) is 0 Å². The zero-order valence-corrected chi connectivity index (χ0v) is 8.04. The molecule has 0 amide bonds.